The van der Waals surface area contributed by atoms with E-state index in [9.17, 15) is 0 Å². The van der Waals surface area contributed by atoms with Crippen LogP contribution in [0.2, 0.25) is 15.7 Å². The van der Waals surface area contributed by atoms with Crippen molar-refractivity contribution < 1.29 is 17.9 Å². The summed E-state index contributed by atoms with van der Waals surface area (Å²) in [5.74, 6) is 0.289. The van der Waals surface area contributed by atoms with Crippen LogP contribution < -0.4 is 0 Å². The molecule has 4 aromatic rings. The predicted octanol–water partition coefficient (Wildman–Crippen LogP) is 9.33. The van der Waals surface area contributed by atoms with Gasteiger partial charge in [0.2, 0.25) is 0 Å². The van der Waals surface area contributed by atoms with E-state index in [4.69, 9.17) is 0 Å². The Morgan fingerprint density at radius 3 is 1.51 bits per heavy atom. The molecular weight excluding hydrogens is 458 g/mol. The van der Waals surface area contributed by atoms with Crippen LogP contribution in [-0.4, -0.2) is 4.57 Å². The molecule has 0 fully saturated rings. The van der Waals surface area contributed by atoms with E-state index in [2.05, 4.69) is 144 Å². The average molecular weight is 495 g/mol. The molecule has 0 atom stereocenters. The summed E-state index contributed by atoms with van der Waals surface area (Å²) >= 11 is -0.333. The summed E-state index contributed by atoms with van der Waals surface area (Å²) in [6, 6.07) is 34.8. The first-order valence-electron chi connectivity index (χ1n) is 12.5. The molecule has 1 aliphatic rings. The van der Waals surface area contributed by atoms with E-state index in [0.717, 1.165) is 6.54 Å². The second-order valence-electron chi connectivity index (χ2n) is 9.84. The Morgan fingerprint density at radius 1 is 0.600 bits per heavy atom. The van der Waals surface area contributed by atoms with Crippen LogP contribution in [0.1, 0.15) is 42.0 Å². The molecule has 1 aromatic heterocycles. The minimum absolute atomic E-state index is 0.289. The zero-order valence-corrected chi connectivity index (χ0v) is 23.2. The van der Waals surface area contributed by atoms with Crippen molar-refractivity contribution in [1.82, 2.24) is 4.57 Å². The van der Waals surface area contributed by atoms with Gasteiger partial charge < -0.3 is 4.57 Å². The summed E-state index contributed by atoms with van der Waals surface area (Å²) in [7, 11) is 0. The molecule has 0 N–H and O–H groups in total. The van der Waals surface area contributed by atoms with Gasteiger partial charge in [-0.3, -0.25) is 0 Å². The van der Waals surface area contributed by atoms with Gasteiger partial charge in [-0.2, -0.15) is 0 Å². The molecule has 0 saturated carbocycles. The monoisotopic (exact) mass is 494 g/mol. The molecule has 5 rings (SSSR count). The minimum atomic E-state index is -0.333. The van der Waals surface area contributed by atoms with Gasteiger partial charge >= 0.3 is 33.6 Å². The molecule has 0 amide bonds. The molecule has 2 heteroatoms. The molecule has 35 heavy (non-hydrogen) atoms. The summed E-state index contributed by atoms with van der Waals surface area (Å²) in [4.78, 5) is 0. The van der Waals surface area contributed by atoms with Crippen molar-refractivity contribution in [2.75, 3.05) is 0 Å². The van der Waals surface area contributed by atoms with Crippen molar-refractivity contribution in [2.45, 2.75) is 42.0 Å². The van der Waals surface area contributed by atoms with Gasteiger partial charge in [0.1, 0.15) is 0 Å². The number of benzene rings is 3. The summed E-state index contributed by atoms with van der Waals surface area (Å²) in [5, 5.41) is 7.00. The van der Waals surface area contributed by atoms with Crippen molar-refractivity contribution in [3.8, 4) is 0 Å². The normalized spacial score (nSPS) is 13.6. The van der Waals surface area contributed by atoms with E-state index in [-0.39, 0.29) is 23.8 Å². The fraction of sp³-hybridized carbons (Fsp3) is 0.212. The van der Waals surface area contributed by atoms with Gasteiger partial charge in [0.15, 0.2) is 0 Å². The molecule has 177 valence electrons. The number of hydrogen-bond donors (Lipinski definition) is 0. The van der Waals surface area contributed by atoms with Crippen LogP contribution in [0, 0.1) is 0 Å². The molecule has 1 heterocycles. The fourth-order valence-corrected chi connectivity index (χ4v) is 5.06. The van der Waals surface area contributed by atoms with Gasteiger partial charge in [0.25, 0.3) is 0 Å². The van der Waals surface area contributed by atoms with Crippen LogP contribution in [-0.2, 0) is 24.4 Å². The van der Waals surface area contributed by atoms with E-state index in [1.54, 1.807) is 0 Å². The summed E-state index contributed by atoms with van der Waals surface area (Å²) in [5.41, 5.74) is 11.0. The van der Waals surface area contributed by atoms with E-state index in [0.29, 0.717) is 0 Å². The third kappa shape index (κ3) is 5.86. The van der Waals surface area contributed by atoms with Crippen LogP contribution in [0.4, 0.5) is 0 Å². The third-order valence-corrected chi connectivity index (χ3v) is 6.41. The van der Waals surface area contributed by atoms with Crippen molar-refractivity contribution in [3.05, 3.63) is 143 Å². The number of rotatable bonds is 5. The predicted molar refractivity (Wildman–Crippen MR) is 148 cm³/mol. The van der Waals surface area contributed by atoms with Crippen LogP contribution in [0.3, 0.4) is 0 Å². The molecule has 0 radical (unpaired) electrons. The SMILES string of the molecule is CC1=C(c2ccccc2)C(c2ccccc2)=C(C)C1c1ccccc1Cn1cccc1.[CH3][Ti]([CH3])[CH3]. The van der Waals surface area contributed by atoms with Gasteiger partial charge in [-0.25, -0.2) is 0 Å². The van der Waals surface area contributed by atoms with Gasteiger partial charge in [-0.05, 0) is 59.4 Å². The van der Waals surface area contributed by atoms with Crippen molar-refractivity contribution in [2.24, 2.45) is 0 Å². The van der Waals surface area contributed by atoms with Gasteiger partial charge in [-0.15, -0.1) is 0 Å². The number of aromatic nitrogens is 1. The first kappa shape index (κ1) is 25.2. The van der Waals surface area contributed by atoms with Gasteiger partial charge in [0.05, 0.1) is 0 Å². The Hall–Kier alpha value is -2.87. The van der Waals surface area contributed by atoms with Crippen LogP contribution in [0.15, 0.2) is 121 Å². The molecule has 0 unspecified atom stereocenters. The van der Waals surface area contributed by atoms with Crippen LogP contribution in [0.5, 0.6) is 0 Å². The number of allylic oxidation sites excluding steroid dienone is 4. The first-order chi connectivity index (χ1) is 17.0. The Bertz CT molecular complexity index is 1230. The quantitative estimate of drug-likeness (QED) is 0.244. The van der Waals surface area contributed by atoms with Gasteiger partial charge in [0, 0.05) is 24.9 Å². The van der Waals surface area contributed by atoms with E-state index in [1.165, 1.54) is 44.5 Å². The maximum atomic E-state index is 2.33. The molecule has 1 nitrogen and oxygen atoms in total. The molecule has 0 aliphatic heterocycles. The molecule has 3 aromatic carbocycles. The topological polar surface area (TPSA) is 4.93 Å². The molecular formula is C33H36NTi. The Morgan fingerprint density at radius 2 is 1.03 bits per heavy atom. The Balaban J connectivity index is 0.000000672. The van der Waals surface area contributed by atoms with Crippen LogP contribution >= 0.6 is 0 Å². The number of nitrogens with zero attached hydrogens (tertiary/aromatic N) is 1. The van der Waals surface area contributed by atoms with Crippen LogP contribution in [0.25, 0.3) is 11.1 Å². The van der Waals surface area contributed by atoms with E-state index in [1.807, 2.05) is 0 Å². The fourth-order valence-electron chi connectivity index (χ4n) is 5.06. The zero-order valence-electron chi connectivity index (χ0n) is 21.6. The van der Waals surface area contributed by atoms with Crippen molar-refractivity contribution >= 4 is 11.1 Å². The Kier molecular flexibility index (Phi) is 8.44. The second kappa shape index (κ2) is 11.7. The molecule has 1 aliphatic carbocycles. The average Bonchev–Trinajstić information content (AvgIpc) is 3.46. The standard InChI is InChI=1S/C30H27N.3CH3.Ti/c1-22-28(27-18-10-9-17-26(27)21-31-19-11-12-20-31)23(2)30(25-15-7-4-8-16-25)29(22)24-13-5-3-6-14-24;;;;/h3-20,28H,21H2,1-2H3;3*1H3;. The Labute approximate surface area is 217 Å². The van der Waals surface area contributed by atoms with Gasteiger partial charge in [-0.1, -0.05) is 96.1 Å². The molecule has 0 saturated heterocycles. The third-order valence-electron chi connectivity index (χ3n) is 6.41. The van der Waals surface area contributed by atoms with E-state index < -0.39 is 0 Å². The van der Waals surface area contributed by atoms with Crippen molar-refractivity contribution in [3.63, 3.8) is 0 Å². The second-order valence-corrected chi connectivity index (χ2v) is 14.5. The molecule has 0 spiro atoms. The summed E-state index contributed by atoms with van der Waals surface area (Å²) in [6.45, 7) is 5.53. The summed E-state index contributed by atoms with van der Waals surface area (Å²) in [6.07, 6.45) is 4.28. The zero-order chi connectivity index (χ0) is 24.8. The van der Waals surface area contributed by atoms with E-state index >= 15 is 0 Å². The maximum absolute atomic E-state index is 2.33. The summed E-state index contributed by atoms with van der Waals surface area (Å²) < 4.78 is 2.25. The molecule has 0 bridgehead atoms. The number of hydrogen-bond acceptors (Lipinski definition) is 0. The van der Waals surface area contributed by atoms with Crippen molar-refractivity contribution in [1.29, 1.82) is 0 Å². The first-order valence-corrected chi connectivity index (χ1v) is 17.1.